The molecule has 0 N–H and O–H groups in total. The summed E-state index contributed by atoms with van der Waals surface area (Å²) in [7, 11) is 4.07. The number of rotatable bonds is 9. The second-order valence-electron chi connectivity index (χ2n) is 7.20. The Morgan fingerprint density at radius 3 is 2.24 bits per heavy atom. The number of imide groups is 1. The van der Waals surface area contributed by atoms with E-state index in [1.807, 2.05) is 0 Å². The van der Waals surface area contributed by atoms with Crippen molar-refractivity contribution >= 4 is 29.4 Å². The van der Waals surface area contributed by atoms with Crippen molar-refractivity contribution in [3.63, 3.8) is 0 Å². The van der Waals surface area contributed by atoms with Gasteiger partial charge in [-0.1, -0.05) is 6.07 Å². The standard InChI is InChI=1S/C22H21N3O9/c1-32-14-7-13(8-15(9-14)33-2)10-23(12-19(27)34-3)18(26)11-24-21(28)16-5-4-6-17(25(30)31)20(16)22(24)29/h4-9H,10-12H2,1-3H3. The molecule has 1 heterocycles. The summed E-state index contributed by atoms with van der Waals surface area (Å²) in [5.41, 5.74) is -0.515. The molecule has 0 aromatic heterocycles. The van der Waals surface area contributed by atoms with Crippen molar-refractivity contribution in [2.45, 2.75) is 6.54 Å². The quantitative estimate of drug-likeness (QED) is 0.229. The molecule has 2 aromatic carbocycles. The normalized spacial score (nSPS) is 12.3. The minimum atomic E-state index is -0.957. The fourth-order valence-corrected chi connectivity index (χ4v) is 3.48. The van der Waals surface area contributed by atoms with E-state index >= 15 is 0 Å². The smallest absolute Gasteiger partial charge is 0.325 e. The Balaban J connectivity index is 1.87. The van der Waals surface area contributed by atoms with Crippen LogP contribution in [-0.2, 0) is 20.9 Å². The number of amides is 3. The molecule has 12 heteroatoms. The van der Waals surface area contributed by atoms with E-state index in [0.29, 0.717) is 22.0 Å². The lowest BCUT2D eigenvalue weighted by atomic mass is 10.1. The van der Waals surface area contributed by atoms with Gasteiger partial charge in [0.25, 0.3) is 17.5 Å². The lowest BCUT2D eigenvalue weighted by molar-refractivity contribution is -0.385. The van der Waals surface area contributed by atoms with E-state index < -0.39 is 47.4 Å². The first kappa shape index (κ1) is 24.2. The van der Waals surface area contributed by atoms with Crippen LogP contribution in [0, 0.1) is 10.1 Å². The van der Waals surface area contributed by atoms with Gasteiger partial charge >= 0.3 is 5.97 Å². The average molecular weight is 471 g/mol. The van der Waals surface area contributed by atoms with Crippen molar-refractivity contribution in [2.24, 2.45) is 0 Å². The third-order valence-corrected chi connectivity index (χ3v) is 5.15. The first-order valence-corrected chi connectivity index (χ1v) is 9.90. The molecule has 12 nitrogen and oxygen atoms in total. The van der Waals surface area contributed by atoms with Gasteiger partial charge in [-0.25, -0.2) is 0 Å². The van der Waals surface area contributed by atoms with E-state index in [1.54, 1.807) is 18.2 Å². The van der Waals surface area contributed by atoms with E-state index in [9.17, 15) is 29.3 Å². The molecule has 0 unspecified atom stereocenters. The fourth-order valence-electron chi connectivity index (χ4n) is 3.48. The maximum absolute atomic E-state index is 13.1. The predicted octanol–water partition coefficient (Wildman–Crippen LogP) is 1.41. The van der Waals surface area contributed by atoms with Crippen LogP contribution in [0.15, 0.2) is 36.4 Å². The zero-order valence-corrected chi connectivity index (χ0v) is 18.6. The maximum Gasteiger partial charge on any atom is 0.325 e. The Hall–Kier alpha value is -4.48. The summed E-state index contributed by atoms with van der Waals surface area (Å²) < 4.78 is 15.1. The molecule has 34 heavy (non-hydrogen) atoms. The SMILES string of the molecule is COC(=O)CN(Cc1cc(OC)cc(OC)c1)C(=O)CN1C(=O)c2cccc([N+](=O)[O-])c2C1=O. The summed E-state index contributed by atoms with van der Waals surface area (Å²) in [4.78, 5) is 62.8. The molecule has 0 spiro atoms. The Kier molecular flexibility index (Phi) is 7.09. The van der Waals surface area contributed by atoms with Crippen molar-refractivity contribution in [1.29, 1.82) is 0 Å². The Morgan fingerprint density at radius 1 is 1.03 bits per heavy atom. The Bertz CT molecular complexity index is 1160. The second kappa shape index (κ2) is 9.98. The fraction of sp³-hybridized carbons (Fsp3) is 0.273. The van der Waals surface area contributed by atoms with Gasteiger partial charge in [-0.05, 0) is 23.8 Å². The molecule has 3 rings (SSSR count). The summed E-state index contributed by atoms with van der Waals surface area (Å²) >= 11 is 0. The van der Waals surface area contributed by atoms with Gasteiger partial charge in [0.2, 0.25) is 5.91 Å². The third kappa shape index (κ3) is 4.80. The predicted molar refractivity (Wildman–Crippen MR) is 115 cm³/mol. The van der Waals surface area contributed by atoms with Crippen LogP contribution < -0.4 is 9.47 Å². The topological polar surface area (TPSA) is 146 Å². The highest BCUT2D eigenvalue weighted by atomic mass is 16.6. The highest BCUT2D eigenvalue weighted by molar-refractivity contribution is 6.24. The number of methoxy groups -OCH3 is 3. The number of fused-ring (bicyclic) bond motifs is 1. The van der Waals surface area contributed by atoms with E-state index in [1.165, 1.54) is 26.4 Å². The number of carbonyl (C=O) groups excluding carboxylic acids is 4. The molecule has 1 aliphatic heterocycles. The van der Waals surface area contributed by atoms with Gasteiger partial charge in [-0.15, -0.1) is 0 Å². The molecule has 0 saturated heterocycles. The molecule has 0 aliphatic carbocycles. The van der Waals surface area contributed by atoms with E-state index in [2.05, 4.69) is 4.74 Å². The number of carbonyl (C=O) groups is 4. The minimum absolute atomic E-state index is 0.0924. The van der Waals surface area contributed by atoms with Crippen molar-refractivity contribution in [3.8, 4) is 11.5 Å². The van der Waals surface area contributed by atoms with Crippen LogP contribution in [0.4, 0.5) is 5.69 Å². The number of nitrogens with zero attached hydrogens (tertiary/aromatic N) is 3. The van der Waals surface area contributed by atoms with Crippen LogP contribution in [0.3, 0.4) is 0 Å². The third-order valence-electron chi connectivity index (χ3n) is 5.15. The lowest BCUT2D eigenvalue weighted by Crippen LogP contribution is -2.44. The number of esters is 1. The molecule has 1 aliphatic rings. The summed E-state index contributed by atoms with van der Waals surface area (Å²) in [5, 5.41) is 11.3. The Labute approximate surface area is 193 Å². The summed E-state index contributed by atoms with van der Waals surface area (Å²) in [5.74, 6) is -2.36. The number of ether oxygens (including phenoxy) is 3. The molecule has 0 saturated carbocycles. The summed E-state index contributed by atoms with van der Waals surface area (Å²) in [6.45, 7) is -1.27. The lowest BCUT2D eigenvalue weighted by Gasteiger charge is -2.24. The molecule has 2 aromatic rings. The van der Waals surface area contributed by atoms with Gasteiger partial charge in [0.05, 0.1) is 31.8 Å². The zero-order chi connectivity index (χ0) is 25.0. The first-order valence-electron chi connectivity index (χ1n) is 9.90. The summed E-state index contributed by atoms with van der Waals surface area (Å²) in [6, 6.07) is 8.56. The van der Waals surface area contributed by atoms with E-state index in [4.69, 9.17) is 9.47 Å². The van der Waals surface area contributed by atoms with Crippen molar-refractivity contribution in [3.05, 3.63) is 63.2 Å². The molecule has 0 fully saturated rings. The number of benzene rings is 2. The van der Waals surface area contributed by atoms with E-state index in [0.717, 1.165) is 18.1 Å². The number of nitro benzene ring substituents is 1. The van der Waals surface area contributed by atoms with Gasteiger partial charge in [-0.3, -0.25) is 34.2 Å². The highest BCUT2D eigenvalue weighted by Gasteiger charge is 2.42. The second-order valence-corrected chi connectivity index (χ2v) is 7.20. The molecule has 178 valence electrons. The van der Waals surface area contributed by atoms with Crippen LogP contribution >= 0.6 is 0 Å². The van der Waals surface area contributed by atoms with Crippen LogP contribution in [0.2, 0.25) is 0 Å². The van der Waals surface area contributed by atoms with Gasteiger partial charge in [-0.2, -0.15) is 0 Å². The highest BCUT2D eigenvalue weighted by Crippen LogP contribution is 2.31. The molecule has 0 radical (unpaired) electrons. The van der Waals surface area contributed by atoms with Crippen LogP contribution in [0.1, 0.15) is 26.3 Å². The molecular formula is C22H21N3O9. The summed E-state index contributed by atoms with van der Waals surface area (Å²) in [6.07, 6.45) is 0. The van der Waals surface area contributed by atoms with Crippen molar-refractivity contribution in [2.75, 3.05) is 34.4 Å². The van der Waals surface area contributed by atoms with Crippen molar-refractivity contribution in [1.82, 2.24) is 9.80 Å². The van der Waals surface area contributed by atoms with Gasteiger partial charge in [0.1, 0.15) is 30.2 Å². The number of hydrogen-bond acceptors (Lipinski definition) is 9. The van der Waals surface area contributed by atoms with Crippen LogP contribution in [0.5, 0.6) is 11.5 Å². The van der Waals surface area contributed by atoms with Crippen molar-refractivity contribution < 1.29 is 38.3 Å². The molecule has 3 amide bonds. The van der Waals surface area contributed by atoms with Gasteiger partial charge in [0.15, 0.2) is 0 Å². The van der Waals surface area contributed by atoms with Crippen LogP contribution in [0.25, 0.3) is 0 Å². The largest absolute Gasteiger partial charge is 0.497 e. The number of nitro groups is 1. The van der Waals surface area contributed by atoms with E-state index in [-0.39, 0.29) is 17.7 Å². The molecular weight excluding hydrogens is 450 g/mol. The molecule has 0 bridgehead atoms. The average Bonchev–Trinajstić information content (AvgIpc) is 3.07. The van der Waals surface area contributed by atoms with Gasteiger partial charge < -0.3 is 19.1 Å². The first-order chi connectivity index (χ1) is 16.2. The van der Waals surface area contributed by atoms with Gasteiger partial charge in [0, 0.05) is 18.7 Å². The molecule has 0 atom stereocenters. The van der Waals surface area contributed by atoms with Crippen LogP contribution in [-0.4, -0.2) is 72.8 Å². The Morgan fingerprint density at radius 2 is 1.68 bits per heavy atom. The monoisotopic (exact) mass is 471 g/mol. The maximum atomic E-state index is 13.1. The number of hydrogen-bond donors (Lipinski definition) is 0. The minimum Gasteiger partial charge on any atom is -0.497 e. The zero-order valence-electron chi connectivity index (χ0n) is 18.6.